The third-order valence-electron chi connectivity index (χ3n) is 1.77. The Kier molecular flexibility index (Phi) is 1.81. The average Bonchev–Trinajstić information content (AvgIpc) is 2.53. The minimum absolute atomic E-state index is 0.699. The maximum absolute atomic E-state index is 4.20. The summed E-state index contributed by atoms with van der Waals surface area (Å²) in [5.41, 5.74) is 1.94. The summed E-state index contributed by atoms with van der Waals surface area (Å²) in [7, 11) is 0. The number of aromatic nitrogens is 4. The van der Waals surface area contributed by atoms with Crippen molar-refractivity contribution in [3.63, 3.8) is 0 Å². The lowest BCUT2D eigenvalue weighted by atomic mass is 10.2. The quantitative estimate of drug-likeness (QED) is 0.712. The Morgan fingerprint density at radius 2 is 2.08 bits per heavy atom. The van der Waals surface area contributed by atoms with Gasteiger partial charge in [0.15, 0.2) is 5.82 Å². The summed E-state index contributed by atoms with van der Waals surface area (Å²) in [6, 6.07) is 3.91. The van der Waals surface area contributed by atoms with Crippen LogP contribution in [0.25, 0.3) is 11.4 Å². The SMILES string of the molecule is Cc1ccc(-c2n[nH]c(C)n2)cn1. The maximum Gasteiger partial charge on any atom is 0.182 e. The molecule has 0 aliphatic rings. The maximum atomic E-state index is 4.20. The van der Waals surface area contributed by atoms with Crippen molar-refractivity contribution in [1.82, 2.24) is 20.2 Å². The van der Waals surface area contributed by atoms with E-state index in [1.54, 1.807) is 6.20 Å². The van der Waals surface area contributed by atoms with Crippen LogP contribution in [-0.2, 0) is 0 Å². The number of rotatable bonds is 1. The zero-order valence-corrected chi connectivity index (χ0v) is 7.57. The van der Waals surface area contributed by atoms with Crippen LogP contribution in [0.5, 0.6) is 0 Å². The fourth-order valence-corrected chi connectivity index (χ4v) is 1.07. The summed E-state index contributed by atoms with van der Waals surface area (Å²) in [4.78, 5) is 8.37. The molecule has 13 heavy (non-hydrogen) atoms. The van der Waals surface area contributed by atoms with Crippen molar-refractivity contribution in [3.8, 4) is 11.4 Å². The molecule has 2 aromatic rings. The van der Waals surface area contributed by atoms with Crippen LogP contribution in [0.1, 0.15) is 11.5 Å². The van der Waals surface area contributed by atoms with Crippen LogP contribution < -0.4 is 0 Å². The molecule has 0 saturated heterocycles. The van der Waals surface area contributed by atoms with Gasteiger partial charge in [-0.05, 0) is 26.0 Å². The van der Waals surface area contributed by atoms with Crippen LogP contribution >= 0.6 is 0 Å². The van der Waals surface area contributed by atoms with Crippen LogP contribution in [0.15, 0.2) is 18.3 Å². The molecule has 0 spiro atoms. The second-order valence-corrected chi connectivity index (χ2v) is 2.93. The van der Waals surface area contributed by atoms with Crippen molar-refractivity contribution in [2.45, 2.75) is 13.8 Å². The molecule has 0 atom stereocenters. The van der Waals surface area contributed by atoms with Crippen molar-refractivity contribution in [3.05, 3.63) is 29.8 Å². The number of aromatic amines is 1. The lowest BCUT2D eigenvalue weighted by molar-refractivity contribution is 1.04. The van der Waals surface area contributed by atoms with E-state index in [2.05, 4.69) is 20.2 Å². The lowest BCUT2D eigenvalue weighted by Gasteiger charge is -1.94. The molecule has 0 aliphatic heterocycles. The fourth-order valence-electron chi connectivity index (χ4n) is 1.07. The van der Waals surface area contributed by atoms with Gasteiger partial charge in [0.1, 0.15) is 5.82 Å². The second-order valence-electron chi connectivity index (χ2n) is 2.93. The van der Waals surface area contributed by atoms with Crippen molar-refractivity contribution in [2.75, 3.05) is 0 Å². The summed E-state index contributed by atoms with van der Waals surface area (Å²) < 4.78 is 0. The first-order chi connectivity index (χ1) is 6.25. The minimum Gasteiger partial charge on any atom is -0.263 e. The Hall–Kier alpha value is -1.71. The van der Waals surface area contributed by atoms with E-state index in [-0.39, 0.29) is 0 Å². The number of nitrogens with zero attached hydrogens (tertiary/aromatic N) is 3. The van der Waals surface area contributed by atoms with E-state index < -0.39 is 0 Å². The van der Waals surface area contributed by atoms with Crippen molar-refractivity contribution < 1.29 is 0 Å². The van der Waals surface area contributed by atoms with Gasteiger partial charge < -0.3 is 0 Å². The standard InChI is InChI=1S/C9H10N4/c1-6-3-4-8(5-10-6)9-11-7(2)12-13-9/h3-5H,1-2H3,(H,11,12,13). The first kappa shape index (κ1) is 7.91. The Balaban J connectivity index is 2.41. The van der Waals surface area contributed by atoms with E-state index in [4.69, 9.17) is 0 Å². The van der Waals surface area contributed by atoms with Crippen molar-refractivity contribution >= 4 is 0 Å². The molecular weight excluding hydrogens is 164 g/mol. The number of hydrogen-bond donors (Lipinski definition) is 1. The third-order valence-corrected chi connectivity index (χ3v) is 1.77. The van der Waals surface area contributed by atoms with Crippen LogP contribution in [0, 0.1) is 13.8 Å². The number of hydrogen-bond acceptors (Lipinski definition) is 3. The molecule has 2 rings (SSSR count). The molecular formula is C9H10N4. The van der Waals surface area contributed by atoms with Crippen LogP contribution in [0.2, 0.25) is 0 Å². The Labute approximate surface area is 76.1 Å². The second kappa shape index (κ2) is 2.97. The highest BCUT2D eigenvalue weighted by atomic mass is 15.2. The fraction of sp³-hybridized carbons (Fsp3) is 0.222. The van der Waals surface area contributed by atoms with Gasteiger partial charge in [0.2, 0.25) is 0 Å². The molecule has 0 bridgehead atoms. The molecule has 0 aromatic carbocycles. The highest BCUT2D eigenvalue weighted by Gasteiger charge is 2.02. The van der Waals surface area contributed by atoms with E-state index in [1.807, 2.05) is 26.0 Å². The number of aryl methyl sites for hydroxylation is 2. The molecule has 4 nitrogen and oxygen atoms in total. The zero-order chi connectivity index (χ0) is 9.26. The van der Waals surface area contributed by atoms with Crippen LogP contribution in [0.3, 0.4) is 0 Å². The van der Waals surface area contributed by atoms with Gasteiger partial charge in [-0.1, -0.05) is 0 Å². The monoisotopic (exact) mass is 174 g/mol. The Morgan fingerprint density at radius 3 is 2.62 bits per heavy atom. The first-order valence-corrected chi connectivity index (χ1v) is 4.08. The molecule has 2 aromatic heterocycles. The number of nitrogens with one attached hydrogen (secondary N) is 1. The van der Waals surface area contributed by atoms with E-state index in [0.29, 0.717) is 5.82 Å². The molecule has 0 saturated carbocycles. The largest absolute Gasteiger partial charge is 0.263 e. The van der Waals surface area contributed by atoms with E-state index >= 15 is 0 Å². The summed E-state index contributed by atoms with van der Waals surface area (Å²) in [6.07, 6.45) is 1.78. The van der Waals surface area contributed by atoms with Gasteiger partial charge in [-0.2, -0.15) is 5.10 Å². The van der Waals surface area contributed by atoms with Gasteiger partial charge in [-0.3, -0.25) is 10.1 Å². The van der Waals surface area contributed by atoms with Gasteiger partial charge >= 0.3 is 0 Å². The predicted octanol–water partition coefficient (Wildman–Crippen LogP) is 1.48. The molecule has 0 unspecified atom stereocenters. The normalized spacial score (nSPS) is 10.3. The molecule has 0 amide bonds. The summed E-state index contributed by atoms with van der Waals surface area (Å²) in [5, 5.41) is 6.83. The summed E-state index contributed by atoms with van der Waals surface area (Å²) in [5.74, 6) is 1.51. The number of pyridine rings is 1. The Bertz CT molecular complexity index is 402. The summed E-state index contributed by atoms with van der Waals surface area (Å²) >= 11 is 0. The topological polar surface area (TPSA) is 54.5 Å². The zero-order valence-electron chi connectivity index (χ0n) is 7.57. The minimum atomic E-state index is 0.699. The first-order valence-electron chi connectivity index (χ1n) is 4.08. The lowest BCUT2D eigenvalue weighted by Crippen LogP contribution is -1.84. The number of H-pyrrole nitrogens is 1. The molecule has 0 fully saturated rings. The highest BCUT2D eigenvalue weighted by Crippen LogP contribution is 2.12. The van der Waals surface area contributed by atoms with Crippen LogP contribution in [0.4, 0.5) is 0 Å². The predicted molar refractivity (Wildman–Crippen MR) is 49.1 cm³/mol. The van der Waals surface area contributed by atoms with Gasteiger partial charge in [0.05, 0.1) is 0 Å². The van der Waals surface area contributed by atoms with Gasteiger partial charge in [-0.25, -0.2) is 4.98 Å². The van der Waals surface area contributed by atoms with Crippen LogP contribution in [-0.4, -0.2) is 20.2 Å². The van der Waals surface area contributed by atoms with Gasteiger partial charge in [-0.15, -0.1) is 0 Å². The molecule has 0 aliphatic carbocycles. The highest BCUT2D eigenvalue weighted by molar-refractivity contribution is 5.52. The van der Waals surface area contributed by atoms with Crippen molar-refractivity contribution in [2.24, 2.45) is 0 Å². The van der Waals surface area contributed by atoms with Crippen molar-refractivity contribution in [1.29, 1.82) is 0 Å². The third kappa shape index (κ3) is 1.56. The summed E-state index contributed by atoms with van der Waals surface area (Å²) in [6.45, 7) is 3.82. The van der Waals surface area contributed by atoms with Gasteiger partial charge in [0, 0.05) is 17.5 Å². The molecule has 4 heteroatoms. The molecule has 66 valence electrons. The van der Waals surface area contributed by atoms with E-state index in [1.165, 1.54) is 0 Å². The molecule has 1 N–H and O–H groups in total. The molecule has 0 radical (unpaired) electrons. The molecule has 2 heterocycles. The average molecular weight is 174 g/mol. The Morgan fingerprint density at radius 1 is 1.23 bits per heavy atom. The van der Waals surface area contributed by atoms with Gasteiger partial charge in [0.25, 0.3) is 0 Å². The van der Waals surface area contributed by atoms with E-state index in [0.717, 1.165) is 17.1 Å². The van der Waals surface area contributed by atoms with E-state index in [9.17, 15) is 0 Å². The smallest absolute Gasteiger partial charge is 0.182 e.